The summed E-state index contributed by atoms with van der Waals surface area (Å²) >= 11 is 12.9. The molecule has 1 heterocycles. The lowest BCUT2D eigenvalue weighted by molar-refractivity contribution is 1.09. The average Bonchev–Trinajstić information content (AvgIpc) is 2.25. The molecule has 0 aliphatic carbocycles. The summed E-state index contributed by atoms with van der Waals surface area (Å²) in [6.45, 7) is 3.93. The Morgan fingerprint density at radius 2 is 1.82 bits per heavy atom. The van der Waals surface area contributed by atoms with Crippen LogP contribution in [0.1, 0.15) is 11.3 Å². The topological polar surface area (TPSA) is 25.8 Å². The van der Waals surface area contributed by atoms with Crippen LogP contribution in [0, 0.1) is 13.8 Å². The van der Waals surface area contributed by atoms with Crippen molar-refractivity contribution in [3.05, 3.63) is 43.6 Å². The van der Waals surface area contributed by atoms with E-state index >= 15 is 0 Å². The van der Waals surface area contributed by atoms with Crippen LogP contribution in [0.25, 0.3) is 11.4 Å². The van der Waals surface area contributed by atoms with Gasteiger partial charge in [0.25, 0.3) is 0 Å². The molecular weight excluding hydrogens is 367 g/mol. The second-order valence-corrected chi connectivity index (χ2v) is 5.73. The van der Waals surface area contributed by atoms with E-state index in [1.54, 1.807) is 0 Å². The molecule has 2 aromatic rings. The summed E-state index contributed by atoms with van der Waals surface area (Å²) in [5.74, 6) is 0.627. The predicted octanol–water partition coefficient (Wildman–Crippen LogP) is 4.94. The summed E-state index contributed by atoms with van der Waals surface area (Å²) in [5.41, 5.74) is 2.95. The van der Waals surface area contributed by atoms with E-state index in [2.05, 4.69) is 41.8 Å². The van der Waals surface area contributed by atoms with Crippen LogP contribution in [0.15, 0.2) is 27.1 Å². The fourth-order valence-corrected chi connectivity index (χ4v) is 2.51. The molecule has 88 valence electrons. The van der Waals surface area contributed by atoms with Gasteiger partial charge in [0.15, 0.2) is 5.82 Å². The SMILES string of the molecule is Cc1ccc(-c2nc(C)c(Br)c(Cl)n2)c(Br)c1. The van der Waals surface area contributed by atoms with Gasteiger partial charge in [0.2, 0.25) is 0 Å². The van der Waals surface area contributed by atoms with Crippen LogP contribution in [0.5, 0.6) is 0 Å². The lowest BCUT2D eigenvalue weighted by Crippen LogP contribution is -1.95. The van der Waals surface area contributed by atoms with E-state index in [0.717, 1.165) is 20.2 Å². The van der Waals surface area contributed by atoms with Crippen molar-refractivity contribution in [2.24, 2.45) is 0 Å². The van der Waals surface area contributed by atoms with Gasteiger partial charge in [-0.2, -0.15) is 0 Å². The first kappa shape index (κ1) is 13.0. The van der Waals surface area contributed by atoms with Crippen molar-refractivity contribution in [1.29, 1.82) is 0 Å². The van der Waals surface area contributed by atoms with E-state index in [1.807, 2.05) is 32.0 Å². The van der Waals surface area contributed by atoms with Gasteiger partial charge in [0.1, 0.15) is 5.15 Å². The van der Waals surface area contributed by atoms with Gasteiger partial charge in [0, 0.05) is 10.0 Å². The van der Waals surface area contributed by atoms with E-state index in [0.29, 0.717) is 11.0 Å². The number of rotatable bonds is 1. The first-order valence-electron chi connectivity index (χ1n) is 4.95. The molecule has 0 atom stereocenters. The predicted molar refractivity (Wildman–Crippen MR) is 77.4 cm³/mol. The Labute approximate surface area is 122 Å². The molecule has 0 amide bonds. The minimum atomic E-state index is 0.431. The smallest absolute Gasteiger partial charge is 0.162 e. The van der Waals surface area contributed by atoms with Gasteiger partial charge in [0.05, 0.1) is 10.2 Å². The summed E-state index contributed by atoms with van der Waals surface area (Å²) in [6, 6.07) is 6.04. The molecule has 0 aliphatic rings. The van der Waals surface area contributed by atoms with E-state index in [4.69, 9.17) is 11.6 Å². The summed E-state index contributed by atoms with van der Waals surface area (Å²) in [5, 5.41) is 0.431. The number of benzene rings is 1. The highest BCUT2D eigenvalue weighted by atomic mass is 79.9. The van der Waals surface area contributed by atoms with Gasteiger partial charge < -0.3 is 0 Å². The maximum absolute atomic E-state index is 6.04. The molecule has 0 saturated carbocycles. The quantitative estimate of drug-likeness (QED) is 0.659. The molecule has 2 nitrogen and oxygen atoms in total. The lowest BCUT2D eigenvalue weighted by Gasteiger charge is -2.07. The molecule has 0 spiro atoms. The van der Waals surface area contributed by atoms with E-state index < -0.39 is 0 Å². The van der Waals surface area contributed by atoms with Crippen LogP contribution in [-0.4, -0.2) is 9.97 Å². The maximum atomic E-state index is 6.04. The van der Waals surface area contributed by atoms with Crippen molar-refractivity contribution in [2.75, 3.05) is 0 Å². The van der Waals surface area contributed by atoms with Crippen LogP contribution in [0.3, 0.4) is 0 Å². The van der Waals surface area contributed by atoms with Crippen molar-refractivity contribution in [3.8, 4) is 11.4 Å². The molecule has 0 bridgehead atoms. The van der Waals surface area contributed by atoms with Crippen molar-refractivity contribution >= 4 is 43.5 Å². The molecule has 0 saturated heterocycles. The van der Waals surface area contributed by atoms with Crippen LogP contribution in [0.2, 0.25) is 5.15 Å². The number of hydrogen-bond donors (Lipinski definition) is 0. The summed E-state index contributed by atoms with van der Waals surface area (Å²) < 4.78 is 1.71. The Balaban J connectivity index is 2.61. The number of aryl methyl sites for hydroxylation is 2. The molecule has 17 heavy (non-hydrogen) atoms. The third-order valence-electron chi connectivity index (χ3n) is 2.34. The number of nitrogens with zero attached hydrogens (tertiary/aromatic N) is 2. The molecule has 1 aromatic heterocycles. The first-order valence-corrected chi connectivity index (χ1v) is 6.91. The van der Waals surface area contributed by atoms with Crippen molar-refractivity contribution in [3.63, 3.8) is 0 Å². The maximum Gasteiger partial charge on any atom is 0.162 e. The number of aromatic nitrogens is 2. The van der Waals surface area contributed by atoms with Gasteiger partial charge in [-0.05, 0) is 47.5 Å². The zero-order chi connectivity index (χ0) is 12.6. The third kappa shape index (κ3) is 2.69. The van der Waals surface area contributed by atoms with Gasteiger partial charge in [-0.1, -0.05) is 33.6 Å². The fourth-order valence-electron chi connectivity index (χ4n) is 1.45. The lowest BCUT2D eigenvalue weighted by atomic mass is 10.1. The Morgan fingerprint density at radius 1 is 1.12 bits per heavy atom. The van der Waals surface area contributed by atoms with Crippen LogP contribution >= 0.6 is 43.5 Å². The summed E-state index contributed by atoms with van der Waals surface area (Å²) in [6.07, 6.45) is 0. The normalized spacial score (nSPS) is 10.6. The van der Waals surface area contributed by atoms with Crippen LogP contribution in [-0.2, 0) is 0 Å². The molecule has 0 fully saturated rings. The van der Waals surface area contributed by atoms with Crippen LogP contribution in [0.4, 0.5) is 0 Å². The Kier molecular flexibility index (Phi) is 3.85. The van der Waals surface area contributed by atoms with Crippen LogP contribution < -0.4 is 0 Å². The number of halogens is 3. The van der Waals surface area contributed by atoms with Gasteiger partial charge in [-0.3, -0.25) is 0 Å². The van der Waals surface area contributed by atoms with E-state index in [9.17, 15) is 0 Å². The largest absolute Gasteiger partial charge is 0.232 e. The highest BCUT2D eigenvalue weighted by molar-refractivity contribution is 9.11. The number of hydrogen-bond acceptors (Lipinski definition) is 2. The Morgan fingerprint density at radius 3 is 2.41 bits per heavy atom. The molecular formula is C12H9Br2ClN2. The van der Waals surface area contributed by atoms with Gasteiger partial charge in [-0.15, -0.1) is 0 Å². The molecule has 0 aliphatic heterocycles. The third-order valence-corrected chi connectivity index (χ3v) is 4.45. The van der Waals surface area contributed by atoms with E-state index in [1.165, 1.54) is 5.56 Å². The molecule has 0 radical (unpaired) electrons. The summed E-state index contributed by atoms with van der Waals surface area (Å²) in [4.78, 5) is 8.69. The molecule has 2 rings (SSSR count). The summed E-state index contributed by atoms with van der Waals surface area (Å²) in [7, 11) is 0. The molecule has 1 aromatic carbocycles. The zero-order valence-electron chi connectivity index (χ0n) is 9.26. The molecule has 0 unspecified atom stereocenters. The van der Waals surface area contributed by atoms with Gasteiger partial charge >= 0.3 is 0 Å². The van der Waals surface area contributed by atoms with E-state index in [-0.39, 0.29) is 0 Å². The highest BCUT2D eigenvalue weighted by Gasteiger charge is 2.11. The first-order chi connectivity index (χ1) is 7.99. The molecule has 5 heteroatoms. The minimum Gasteiger partial charge on any atom is -0.232 e. The van der Waals surface area contributed by atoms with Gasteiger partial charge in [-0.25, -0.2) is 9.97 Å². The second kappa shape index (κ2) is 5.04. The Bertz CT molecular complexity index is 562. The van der Waals surface area contributed by atoms with Crippen molar-refractivity contribution in [1.82, 2.24) is 9.97 Å². The standard InChI is InChI=1S/C12H9Br2ClN2/c1-6-3-4-8(9(13)5-6)12-16-7(2)10(14)11(15)17-12/h3-5H,1-2H3. The van der Waals surface area contributed by atoms with Crippen molar-refractivity contribution in [2.45, 2.75) is 13.8 Å². The average molecular weight is 376 g/mol. The Hall–Kier alpha value is -0.450. The molecule has 0 N–H and O–H groups in total. The van der Waals surface area contributed by atoms with Crippen molar-refractivity contribution < 1.29 is 0 Å². The monoisotopic (exact) mass is 374 g/mol. The fraction of sp³-hybridized carbons (Fsp3) is 0.167. The second-order valence-electron chi connectivity index (χ2n) is 3.72. The zero-order valence-corrected chi connectivity index (χ0v) is 13.2. The minimum absolute atomic E-state index is 0.431. The highest BCUT2D eigenvalue weighted by Crippen LogP contribution is 2.30.